The Bertz CT molecular complexity index is 271. The third kappa shape index (κ3) is 1.27. The summed E-state index contributed by atoms with van der Waals surface area (Å²) in [4.78, 5) is 10.5. The molecule has 3 nitrogen and oxygen atoms in total. The molecule has 0 aliphatic carbocycles. The predicted molar refractivity (Wildman–Crippen MR) is 40.7 cm³/mol. The third-order valence-electron chi connectivity index (χ3n) is 0.989. The van der Waals surface area contributed by atoms with Gasteiger partial charge in [-0.3, -0.25) is 10.1 Å². The molecule has 1 aromatic rings. The third-order valence-corrected chi connectivity index (χ3v) is 2.24. The minimum Gasteiger partial charge on any atom is -0.258 e. The van der Waals surface area contributed by atoms with Gasteiger partial charge in [-0.2, -0.15) is 0 Å². The lowest BCUT2D eigenvalue weighted by Crippen LogP contribution is -1.83. The van der Waals surface area contributed by atoms with Crippen molar-refractivity contribution in [1.82, 2.24) is 0 Å². The zero-order chi connectivity index (χ0) is 7.72. The summed E-state index contributed by atoms with van der Waals surface area (Å²) < 4.78 is 0.252. The van der Waals surface area contributed by atoms with Crippen LogP contribution in [0.25, 0.3) is 0 Å². The summed E-state index contributed by atoms with van der Waals surface area (Å²) in [7, 11) is 0. The molecular formula is C5H4ClNO2S. The summed E-state index contributed by atoms with van der Waals surface area (Å²) in [5, 5.41) is 10.2. The van der Waals surface area contributed by atoms with Crippen LogP contribution in [0.1, 0.15) is 4.88 Å². The molecule has 0 amide bonds. The van der Waals surface area contributed by atoms with E-state index >= 15 is 0 Å². The summed E-state index contributed by atoms with van der Waals surface area (Å²) in [6.07, 6.45) is 0. The van der Waals surface area contributed by atoms with E-state index in [2.05, 4.69) is 0 Å². The van der Waals surface area contributed by atoms with Crippen LogP contribution in [0, 0.1) is 17.0 Å². The summed E-state index contributed by atoms with van der Waals surface area (Å²) in [5.74, 6) is 0. The Morgan fingerprint density at radius 2 is 2.40 bits per heavy atom. The summed E-state index contributed by atoms with van der Waals surface area (Å²) in [5.41, 5.74) is 0.00386. The number of hydrogen-bond donors (Lipinski definition) is 0. The number of thiophene rings is 1. The number of aryl methyl sites for hydroxylation is 1. The Hall–Kier alpha value is -0.610. The molecule has 0 saturated carbocycles. The second-order valence-electron chi connectivity index (χ2n) is 1.77. The van der Waals surface area contributed by atoms with Crippen molar-refractivity contribution in [2.75, 3.05) is 0 Å². The number of halogens is 1. The SMILES string of the molecule is Cc1cc([N+](=O)[O-])c(Cl)s1. The average Bonchev–Trinajstić information content (AvgIpc) is 2.10. The largest absolute Gasteiger partial charge is 0.298 e. The van der Waals surface area contributed by atoms with Crippen LogP contribution in [0.15, 0.2) is 6.07 Å². The van der Waals surface area contributed by atoms with Gasteiger partial charge in [0, 0.05) is 10.9 Å². The minimum absolute atomic E-state index is 0.00386. The van der Waals surface area contributed by atoms with Crippen molar-refractivity contribution in [1.29, 1.82) is 0 Å². The molecule has 0 bridgehead atoms. The van der Waals surface area contributed by atoms with E-state index in [1.165, 1.54) is 17.4 Å². The minimum atomic E-state index is -0.480. The first-order chi connectivity index (χ1) is 4.61. The van der Waals surface area contributed by atoms with E-state index in [1.807, 2.05) is 0 Å². The Morgan fingerprint density at radius 3 is 2.60 bits per heavy atom. The van der Waals surface area contributed by atoms with Crippen LogP contribution < -0.4 is 0 Å². The van der Waals surface area contributed by atoms with E-state index in [4.69, 9.17) is 11.6 Å². The van der Waals surface area contributed by atoms with Gasteiger partial charge in [0.2, 0.25) is 0 Å². The quantitative estimate of drug-likeness (QED) is 0.489. The molecule has 0 saturated heterocycles. The van der Waals surface area contributed by atoms with E-state index in [0.717, 1.165) is 4.88 Å². The van der Waals surface area contributed by atoms with Crippen molar-refractivity contribution in [2.24, 2.45) is 0 Å². The normalized spacial score (nSPS) is 9.80. The van der Waals surface area contributed by atoms with Gasteiger partial charge in [-0.05, 0) is 6.92 Å². The highest BCUT2D eigenvalue weighted by atomic mass is 35.5. The highest BCUT2D eigenvalue weighted by Crippen LogP contribution is 2.32. The highest BCUT2D eigenvalue weighted by Gasteiger charge is 2.14. The van der Waals surface area contributed by atoms with Crippen LogP contribution >= 0.6 is 22.9 Å². The number of nitro groups is 1. The predicted octanol–water partition coefficient (Wildman–Crippen LogP) is 2.62. The molecule has 10 heavy (non-hydrogen) atoms. The van der Waals surface area contributed by atoms with Crippen molar-refractivity contribution < 1.29 is 4.92 Å². The molecule has 1 aromatic heterocycles. The van der Waals surface area contributed by atoms with E-state index in [-0.39, 0.29) is 10.0 Å². The second kappa shape index (κ2) is 2.56. The maximum atomic E-state index is 10.2. The van der Waals surface area contributed by atoms with Crippen LogP contribution in [-0.2, 0) is 0 Å². The van der Waals surface area contributed by atoms with Crippen LogP contribution in [0.3, 0.4) is 0 Å². The van der Waals surface area contributed by atoms with Crippen LogP contribution in [0.4, 0.5) is 5.69 Å². The van der Waals surface area contributed by atoms with Gasteiger partial charge in [-0.15, -0.1) is 11.3 Å². The van der Waals surface area contributed by atoms with E-state index in [0.29, 0.717) is 0 Å². The standard InChI is InChI=1S/C5H4ClNO2S/c1-3-2-4(7(8)9)5(6)10-3/h2H,1H3. The van der Waals surface area contributed by atoms with Gasteiger partial charge in [0.15, 0.2) is 4.34 Å². The molecule has 0 fully saturated rings. The first-order valence-corrected chi connectivity index (χ1v) is 3.71. The Morgan fingerprint density at radius 1 is 1.80 bits per heavy atom. The van der Waals surface area contributed by atoms with Crippen molar-refractivity contribution in [2.45, 2.75) is 6.92 Å². The maximum absolute atomic E-state index is 10.2. The molecule has 0 radical (unpaired) electrons. The molecule has 0 aliphatic heterocycles. The molecule has 0 N–H and O–H groups in total. The molecule has 1 heterocycles. The van der Waals surface area contributed by atoms with Gasteiger partial charge in [-0.1, -0.05) is 11.6 Å². The molecule has 1 rings (SSSR count). The molecule has 0 aliphatic rings. The Kier molecular flexibility index (Phi) is 1.92. The lowest BCUT2D eigenvalue weighted by molar-refractivity contribution is -0.384. The number of nitrogens with zero attached hydrogens (tertiary/aromatic N) is 1. The van der Waals surface area contributed by atoms with E-state index in [9.17, 15) is 10.1 Å². The smallest absolute Gasteiger partial charge is 0.258 e. The number of rotatable bonds is 1. The van der Waals surface area contributed by atoms with Gasteiger partial charge in [0.05, 0.1) is 4.92 Å². The molecule has 5 heteroatoms. The Balaban J connectivity index is 3.15. The van der Waals surface area contributed by atoms with E-state index < -0.39 is 4.92 Å². The average molecular weight is 178 g/mol. The topological polar surface area (TPSA) is 43.1 Å². The second-order valence-corrected chi connectivity index (χ2v) is 3.63. The molecule has 0 unspecified atom stereocenters. The fraction of sp³-hybridized carbons (Fsp3) is 0.200. The zero-order valence-corrected chi connectivity index (χ0v) is 6.70. The van der Waals surface area contributed by atoms with Crippen molar-refractivity contribution in [3.05, 3.63) is 25.4 Å². The van der Waals surface area contributed by atoms with Crippen molar-refractivity contribution in [3.63, 3.8) is 0 Å². The van der Waals surface area contributed by atoms with Crippen molar-refractivity contribution >= 4 is 28.6 Å². The van der Waals surface area contributed by atoms with E-state index in [1.54, 1.807) is 6.92 Å². The Labute approximate surface area is 66.4 Å². The summed E-state index contributed by atoms with van der Waals surface area (Å²) in [6.45, 7) is 1.78. The van der Waals surface area contributed by atoms with Gasteiger partial charge in [0.1, 0.15) is 0 Å². The lowest BCUT2D eigenvalue weighted by Gasteiger charge is -1.81. The van der Waals surface area contributed by atoms with Crippen LogP contribution in [0.2, 0.25) is 4.34 Å². The van der Waals surface area contributed by atoms with Crippen molar-refractivity contribution in [3.8, 4) is 0 Å². The maximum Gasteiger partial charge on any atom is 0.298 e. The van der Waals surface area contributed by atoms with Crippen LogP contribution in [-0.4, -0.2) is 4.92 Å². The fourth-order valence-electron chi connectivity index (χ4n) is 0.597. The molecule has 0 spiro atoms. The summed E-state index contributed by atoms with van der Waals surface area (Å²) >= 11 is 6.74. The van der Waals surface area contributed by atoms with Crippen LogP contribution in [0.5, 0.6) is 0 Å². The van der Waals surface area contributed by atoms with Gasteiger partial charge in [0.25, 0.3) is 5.69 Å². The lowest BCUT2D eigenvalue weighted by atomic mass is 10.5. The zero-order valence-electron chi connectivity index (χ0n) is 5.13. The first kappa shape index (κ1) is 7.50. The summed E-state index contributed by atoms with van der Waals surface area (Å²) in [6, 6.07) is 1.47. The fourth-order valence-corrected chi connectivity index (χ4v) is 1.78. The highest BCUT2D eigenvalue weighted by molar-refractivity contribution is 7.16. The molecule has 0 aromatic carbocycles. The van der Waals surface area contributed by atoms with Gasteiger partial charge < -0.3 is 0 Å². The molecular weight excluding hydrogens is 174 g/mol. The van der Waals surface area contributed by atoms with Gasteiger partial charge >= 0.3 is 0 Å². The molecule has 54 valence electrons. The monoisotopic (exact) mass is 177 g/mol. The number of hydrogen-bond acceptors (Lipinski definition) is 3. The first-order valence-electron chi connectivity index (χ1n) is 2.51. The molecule has 0 atom stereocenters. The van der Waals surface area contributed by atoms with Gasteiger partial charge in [-0.25, -0.2) is 0 Å².